The molecule has 1 unspecified atom stereocenters. The Balaban J connectivity index is 1.93. The minimum Gasteiger partial charge on any atom is -0.307 e. The van der Waals surface area contributed by atoms with Crippen LogP contribution in [-0.2, 0) is 6.54 Å². The monoisotopic (exact) mass is 259 g/mol. The van der Waals surface area contributed by atoms with Gasteiger partial charge in [-0.05, 0) is 30.2 Å². The van der Waals surface area contributed by atoms with Crippen molar-refractivity contribution in [2.24, 2.45) is 5.41 Å². The van der Waals surface area contributed by atoms with Crippen molar-refractivity contribution in [3.8, 4) is 0 Å². The molecule has 1 atom stereocenters. The van der Waals surface area contributed by atoms with E-state index >= 15 is 0 Å². The van der Waals surface area contributed by atoms with Crippen LogP contribution in [0.2, 0.25) is 0 Å². The van der Waals surface area contributed by atoms with Crippen molar-refractivity contribution in [2.75, 3.05) is 0 Å². The molecule has 1 N–H and O–H groups in total. The Morgan fingerprint density at radius 3 is 2.67 bits per heavy atom. The second-order valence-electron chi connectivity index (χ2n) is 5.50. The van der Waals surface area contributed by atoms with Crippen molar-refractivity contribution in [3.05, 3.63) is 5.82 Å². The van der Waals surface area contributed by atoms with Crippen LogP contribution in [0.15, 0.2) is 0 Å². The average molecular weight is 259 g/mol. The van der Waals surface area contributed by atoms with Crippen LogP contribution in [-0.4, -0.2) is 32.7 Å². The molecule has 1 aromatic rings. The Labute approximate surface area is 105 Å². The van der Waals surface area contributed by atoms with Crippen LogP contribution in [0.1, 0.15) is 45.5 Å². The molecular formula is C11H19F2N5. The molecular weight excluding hydrogens is 240 g/mol. The third kappa shape index (κ3) is 2.66. The number of aromatic nitrogens is 4. The van der Waals surface area contributed by atoms with E-state index in [1.165, 1.54) is 0 Å². The fraction of sp³-hybridized carbons (Fsp3) is 0.909. The summed E-state index contributed by atoms with van der Waals surface area (Å²) in [5, 5.41) is 14.6. The largest absolute Gasteiger partial charge is 0.307 e. The molecule has 1 aromatic heterocycles. The minimum absolute atomic E-state index is 0.318. The average Bonchev–Trinajstić information content (AvgIpc) is 3.05. The molecule has 0 spiro atoms. The van der Waals surface area contributed by atoms with Crippen LogP contribution in [0.5, 0.6) is 0 Å². The molecule has 102 valence electrons. The van der Waals surface area contributed by atoms with Crippen LogP contribution in [0.3, 0.4) is 0 Å². The first-order valence-corrected chi connectivity index (χ1v) is 6.21. The molecule has 0 bridgehead atoms. The van der Waals surface area contributed by atoms with E-state index in [0.29, 0.717) is 12.6 Å². The first kappa shape index (κ1) is 13.3. The van der Waals surface area contributed by atoms with Gasteiger partial charge in [0.05, 0.1) is 12.6 Å². The Hall–Kier alpha value is -1.11. The summed E-state index contributed by atoms with van der Waals surface area (Å²) in [6.45, 7) is 5.29. The maximum absolute atomic E-state index is 12.9. The van der Waals surface area contributed by atoms with Gasteiger partial charge in [-0.25, -0.2) is 13.5 Å². The van der Waals surface area contributed by atoms with E-state index in [0.717, 1.165) is 18.7 Å². The van der Waals surface area contributed by atoms with Crippen molar-refractivity contribution in [3.63, 3.8) is 0 Å². The number of rotatable bonds is 6. The van der Waals surface area contributed by atoms with E-state index in [9.17, 15) is 8.78 Å². The Morgan fingerprint density at radius 2 is 2.11 bits per heavy atom. The van der Waals surface area contributed by atoms with Crippen LogP contribution >= 0.6 is 0 Å². The van der Waals surface area contributed by atoms with Gasteiger partial charge in [-0.2, -0.15) is 0 Å². The first-order chi connectivity index (χ1) is 8.43. The van der Waals surface area contributed by atoms with Crippen LogP contribution in [0, 0.1) is 5.41 Å². The van der Waals surface area contributed by atoms with Crippen molar-refractivity contribution < 1.29 is 8.78 Å². The maximum atomic E-state index is 12.9. The lowest BCUT2D eigenvalue weighted by atomic mass is 9.86. The van der Waals surface area contributed by atoms with Gasteiger partial charge in [-0.15, -0.1) is 5.10 Å². The second kappa shape index (κ2) is 4.87. The van der Waals surface area contributed by atoms with Crippen molar-refractivity contribution in [1.82, 2.24) is 25.5 Å². The second-order valence-corrected chi connectivity index (χ2v) is 5.50. The zero-order chi connectivity index (χ0) is 13.3. The summed E-state index contributed by atoms with van der Waals surface area (Å²) in [4.78, 5) is 0. The van der Waals surface area contributed by atoms with Crippen LogP contribution in [0.25, 0.3) is 0 Å². The van der Waals surface area contributed by atoms with E-state index in [1.807, 2.05) is 0 Å². The molecule has 2 rings (SSSR count). The fourth-order valence-electron chi connectivity index (χ4n) is 1.63. The molecule has 1 saturated carbocycles. The normalized spacial score (nSPS) is 18.3. The van der Waals surface area contributed by atoms with E-state index in [1.54, 1.807) is 25.5 Å². The molecule has 0 aliphatic heterocycles. The van der Waals surface area contributed by atoms with Gasteiger partial charge in [-0.3, -0.25) is 0 Å². The molecule has 0 aromatic carbocycles. The summed E-state index contributed by atoms with van der Waals surface area (Å²) in [6.07, 6.45) is -0.175. The molecule has 5 nitrogen and oxygen atoms in total. The summed E-state index contributed by atoms with van der Waals surface area (Å²) in [5.41, 5.74) is -1.07. The summed E-state index contributed by atoms with van der Waals surface area (Å²) in [7, 11) is 0. The Morgan fingerprint density at radius 1 is 1.44 bits per heavy atom. The lowest BCUT2D eigenvalue weighted by molar-refractivity contribution is -0.00281. The van der Waals surface area contributed by atoms with Gasteiger partial charge in [-0.1, -0.05) is 13.8 Å². The van der Waals surface area contributed by atoms with Crippen LogP contribution < -0.4 is 5.32 Å². The molecule has 7 heteroatoms. The number of nitrogens with one attached hydrogen (secondary N) is 1. The molecule has 1 fully saturated rings. The first-order valence-electron chi connectivity index (χ1n) is 6.21. The molecule has 0 saturated heterocycles. The Kier molecular flexibility index (Phi) is 3.61. The smallest absolute Gasteiger partial charge is 0.245 e. The summed E-state index contributed by atoms with van der Waals surface area (Å²) < 4.78 is 27.5. The van der Waals surface area contributed by atoms with Gasteiger partial charge >= 0.3 is 0 Å². The zero-order valence-electron chi connectivity index (χ0n) is 10.9. The summed E-state index contributed by atoms with van der Waals surface area (Å²) in [6, 6.07) is 0.0806. The quantitative estimate of drug-likeness (QED) is 0.846. The highest BCUT2D eigenvalue weighted by Gasteiger charge is 2.35. The maximum Gasteiger partial charge on any atom is 0.245 e. The number of hydrogen-bond acceptors (Lipinski definition) is 4. The highest BCUT2D eigenvalue weighted by Crippen LogP contribution is 2.34. The molecule has 1 aliphatic rings. The third-order valence-electron chi connectivity index (χ3n) is 3.70. The van der Waals surface area contributed by atoms with Gasteiger partial charge in [0.25, 0.3) is 0 Å². The lowest BCUT2D eigenvalue weighted by Gasteiger charge is -2.31. The topological polar surface area (TPSA) is 55.6 Å². The molecule has 1 aliphatic carbocycles. The molecule has 18 heavy (non-hydrogen) atoms. The minimum atomic E-state index is -2.36. The van der Waals surface area contributed by atoms with Gasteiger partial charge in [0.1, 0.15) is 0 Å². The van der Waals surface area contributed by atoms with Crippen molar-refractivity contribution in [1.29, 1.82) is 0 Å². The highest BCUT2D eigenvalue weighted by atomic mass is 19.3. The number of nitrogens with zero attached hydrogens (tertiary/aromatic N) is 4. The van der Waals surface area contributed by atoms with Gasteiger partial charge in [0.2, 0.25) is 6.43 Å². The number of halogens is 2. The van der Waals surface area contributed by atoms with Gasteiger partial charge in [0.15, 0.2) is 5.82 Å². The summed E-state index contributed by atoms with van der Waals surface area (Å²) >= 11 is 0. The predicted molar refractivity (Wildman–Crippen MR) is 62.2 cm³/mol. The van der Waals surface area contributed by atoms with E-state index in [4.69, 9.17) is 0 Å². The predicted octanol–water partition coefficient (Wildman–Crippen LogP) is 1.78. The number of alkyl halides is 2. The van der Waals surface area contributed by atoms with Crippen LogP contribution in [0.4, 0.5) is 8.78 Å². The lowest BCUT2D eigenvalue weighted by Crippen LogP contribution is -2.44. The highest BCUT2D eigenvalue weighted by molar-refractivity contribution is 4.91. The molecule has 0 amide bonds. The molecule has 1 heterocycles. The van der Waals surface area contributed by atoms with Crippen molar-refractivity contribution in [2.45, 2.75) is 58.7 Å². The SMILES string of the molecule is CC(NCc1nnnn1C1CC1)C(C)(C)C(F)F. The number of hydrogen-bond donors (Lipinski definition) is 1. The van der Waals surface area contributed by atoms with Crippen molar-refractivity contribution >= 4 is 0 Å². The third-order valence-corrected chi connectivity index (χ3v) is 3.70. The zero-order valence-corrected chi connectivity index (χ0v) is 10.9. The van der Waals surface area contributed by atoms with Gasteiger partial charge in [0, 0.05) is 11.5 Å². The van der Waals surface area contributed by atoms with E-state index in [-0.39, 0.29) is 6.04 Å². The van der Waals surface area contributed by atoms with E-state index in [2.05, 4.69) is 20.8 Å². The standard InChI is InChI=1S/C11H19F2N5/c1-7(11(2,3)10(12)13)14-6-9-15-16-17-18(9)8-4-5-8/h7-8,10,14H,4-6H2,1-3H3. The number of tetrazole rings is 1. The Bertz CT molecular complexity index is 400. The molecule has 0 radical (unpaired) electrons. The van der Waals surface area contributed by atoms with Gasteiger partial charge < -0.3 is 5.32 Å². The van der Waals surface area contributed by atoms with E-state index < -0.39 is 11.8 Å². The fourth-order valence-corrected chi connectivity index (χ4v) is 1.63. The summed E-state index contributed by atoms with van der Waals surface area (Å²) in [5.74, 6) is 0.717.